The lowest BCUT2D eigenvalue weighted by atomic mass is 10.0. The first-order chi connectivity index (χ1) is 19.9. The minimum absolute atomic E-state index is 0.0479. The van der Waals surface area contributed by atoms with Gasteiger partial charge in [-0.3, -0.25) is 14.4 Å². The van der Waals surface area contributed by atoms with E-state index in [9.17, 15) is 14.4 Å². The molecule has 1 aliphatic rings. The van der Waals surface area contributed by atoms with E-state index in [1.807, 2.05) is 36.4 Å². The average molecular weight is 553 g/mol. The first-order valence-electron chi connectivity index (χ1n) is 13.4. The molecule has 0 saturated heterocycles. The number of nitrogens with zero attached hydrogens (tertiary/aromatic N) is 2. The number of anilines is 3. The second-order valence-electron chi connectivity index (χ2n) is 9.80. The number of benzene rings is 2. The summed E-state index contributed by atoms with van der Waals surface area (Å²) in [5.41, 5.74) is 5.85. The SMILES string of the molecule is COCCNC(=O)c1ccc(CC(=O)Nc2cc(-c3[nH]c4c(c3Nc3ccccc3)C(=O)N(C)CC4)ccn2)cc1. The monoisotopic (exact) mass is 552 g/mol. The lowest BCUT2D eigenvalue weighted by Gasteiger charge is -2.23. The summed E-state index contributed by atoms with van der Waals surface area (Å²) in [6.45, 7) is 1.49. The van der Waals surface area contributed by atoms with Crippen molar-refractivity contribution in [3.8, 4) is 11.3 Å². The highest BCUT2D eigenvalue weighted by atomic mass is 16.5. The van der Waals surface area contributed by atoms with Crippen molar-refractivity contribution in [2.45, 2.75) is 12.8 Å². The molecule has 1 aliphatic heterocycles. The summed E-state index contributed by atoms with van der Waals surface area (Å²) in [6.07, 6.45) is 2.46. The van der Waals surface area contributed by atoms with Crippen LogP contribution in [0.4, 0.5) is 17.2 Å². The van der Waals surface area contributed by atoms with E-state index in [0.717, 1.165) is 28.2 Å². The summed E-state index contributed by atoms with van der Waals surface area (Å²) in [5, 5.41) is 9.06. The lowest BCUT2D eigenvalue weighted by molar-refractivity contribution is -0.115. The highest BCUT2D eigenvalue weighted by Gasteiger charge is 2.30. The number of pyridine rings is 1. The van der Waals surface area contributed by atoms with E-state index < -0.39 is 0 Å². The molecule has 0 saturated carbocycles. The third-order valence-electron chi connectivity index (χ3n) is 6.87. The molecule has 4 aromatic rings. The number of aromatic amines is 1. The molecule has 0 unspecified atom stereocenters. The molecule has 5 rings (SSSR count). The Morgan fingerprint density at radius 1 is 1.07 bits per heavy atom. The fraction of sp³-hybridized carbons (Fsp3) is 0.226. The number of nitrogens with one attached hydrogen (secondary N) is 4. The first kappa shape index (κ1) is 27.6. The molecule has 0 fully saturated rings. The number of likely N-dealkylation sites (N-methyl/N-ethyl adjacent to an activating group) is 1. The van der Waals surface area contributed by atoms with Crippen molar-refractivity contribution in [2.24, 2.45) is 0 Å². The van der Waals surface area contributed by atoms with Gasteiger partial charge in [0.05, 0.1) is 30.0 Å². The number of methoxy groups -OCH3 is 1. The van der Waals surface area contributed by atoms with Gasteiger partial charge in [0.15, 0.2) is 0 Å². The standard InChI is InChI=1S/C31H32N6O4/c1-37-16-13-24-27(31(37)40)29(34-23-6-4-3-5-7-23)28(35-24)22-12-14-32-25(19-22)36-26(38)18-20-8-10-21(11-9-20)30(39)33-15-17-41-2/h3-12,14,19,34-35H,13,15-18H2,1-2H3,(H,33,39)(H,32,36,38). The van der Waals surface area contributed by atoms with Crippen molar-refractivity contribution in [3.05, 3.63) is 95.3 Å². The van der Waals surface area contributed by atoms with E-state index in [4.69, 9.17) is 4.74 Å². The Bertz CT molecular complexity index is 1550. The van der Waals surface area contributed by atoms with E-state index in [2.05, 4.69) is 25.9 Å². The predicted octanol–water partition coefficient (Wildman–Crippen LogP) is 4.01. The molecule has 0 radical (unpaired) electrons. The van der Waals surface area contributed by atoms with E-state index in [-0.39, 0.29) is 24.1 Å². The third-order valence-corrected chi connectivity index (χ3v) is 6.87. The number of carbonyl (C=O) groups excluding carboxylic acids is 3. The molecule has 3 amide bonds. The number of hydrogen-bond acceptors (Lipinski definition) is 6. The number of fused-ring (bicyclic) bond motifs is 1. The molecular formula is C31H32N6O4. The van der Waals surface area contributed by atoms with Crippen LogP contribution < -0.4 is 16.0 Å². The van der Waals surface area contributed by atoms with E-state index in [1.54, 1.807) is 55.6 Å². The predicted molar refractivity (Wildman–Crippen MR) is 157 cm³/mol. The maximum Gasteiger partial charge on any atom is 0.257 e. The summed E-state index contributed by atoms with van der Waals surface area (Å²) in [4.78, 5) is 47.7. The van der Waals surface area contributed by atoms with E-state index in [1.165, 1.54) is 0 Å². The molecule has 10 heteroatoms. The molecule has 0 atom stereocenters. The molecule has 3 heterocycles. The molecule has 2 aromatic carbocycles. The van der Waals surface area contributed by atoms with Crippen LogP contribution in [0.15, 0.2) is 72.9 Å². The van der Waals surface area contributed by atoms with Crippen molar-refractivity contribution in [1.29, 1.82) is 0 Å². The molecule has 0 aliphatic carbocycles. The smallest absolute Gasteiger partial charge is 0.257 e. The first-order valence-corrected chi connectivity index (χ1v) is 13.4. The Hall–Kier alpha value is -4.96. The number of aromatic nitrogens is 2. The van der Waals surface area contributed by atoms with Gasteiger partial charge in [0.2, 0.25) is 5.91 Å². The fourth-order valence-electron chi connectivity index (χ4n) is 4.72. The van der Waals surface area contributed by atoms with Crippen molar-refractivity contribution >= 4 is 34.9 Å². The Morgan fingerprint density at radius 2 is 1.85 bits per heavy atom. The molecular weight excluding hydrogens is 520 g/mol. The van der Waals surface area contributed by atoms with Crippen molar-refractivity contribution in [1.82, 2.24) is 20.2 Å². The zero-order chi connectivity index (χ0) is 28.8. The summed E-state index contributed by atoms with van der Waals surface area (Å²) in [7, 11) is 3.38. The summed E-state index contributed by atoms with van der Waals surface area (Å²) < 4.78 is 4.94. The van der Waals surface area contributed by atoms with Gasteiger partial charge >= 0.3 is 0 Å². The Balaban J connectivity index is 1.33. The normalized spacial score (nSPS) is 12.5. The van der Waals surface area contributed by atoms with Crippen LogP contribution in [-0.2, 0) is 22.4 Å². The maximum atomic E-state index is 13.1. The van der Waals surface area contributed by atoms with Crippen LogP contribution in [0.5, 0.6) is 0 Å². The number of hydrogen-bond donors (Lipinski definition) is 4. The van der Waals surface area contributed by atoms with Gasteiger partial charge in [-0.05, 0) is 42.0 Å². The van der Waals surface area contributed by atoms with Crippen molar-refractivity contribution in [2.75, 3.05) is 44.5 Å². The van der Waals surface area contributed by atoms with Crippen molar-refractivity contribution < 1.29 is 19.1 Å². The molecule has 2 aromatic heterocycles. The maximum absolute atomic E-state index is 13.1. The van der Waals surface area contributed by atoms with Gasteiger partial charge in [-0.1, -0.05) is 30.3 Å². The van der Waals surface area contributed by atoms with Crippen LogP contribution in [0, 0.1) is 0 Å². The van der Waals surface area contributed by atoms with Gasteiger partial charge < -0.3 is 30.6 Å². The number of H-pyrrole nitrogens is 1. The average Bonchev–Trinajstić information content (AvgIpc) is 3.35. The lowest BCUT2D eigenvalue weighted by Crippen LogP contribution is -2.34. The topological polar surface area (TPSA) is 128 Å². The number of para-hydroxylation sites is 1. The highest BCUT2D eigenvalue weighted by molar-refractivity contribution is 6.06. The summed E-state index contributed by atoms with van der Waals surface area (Å²) in [5.74, 6) is -0.0896. The second-order valence-corrected chi connectivity index (χ2v) is 9.80. The second kappa shape index (κ2) is 12.5. The fourth-order valence-corrected chi connectivity index (χ4v) is 4.72. The van der Waals surface area contributed by atoms with Crippen LogP contribution in [0.2, 0.25) is 0 Å². The van der Waals surface area contributed by atoms with E-state index in [0.29, 0.717) is 48.7 Å². The van der Waals surface area contributed by atoms with Gasteiger partial charge in [-0.25, -0.2) is 4.98 Å². The zero-order valence-corrected chi connectivity index (χ0v) is 23.0. The number of ether oxygens (including phenoxy) is 1. The van der Waals surface area contributed by atoms with Gasteiger partial charge in [0.1, 0.15) is 5.82 Å². The van der Waals surface area contributed by atoms with Gasteiger partial charge in [0, 0.05) is 62.4 Å². The van der Waals surface area contributed by atoms with Crippen LogP contribution in [-0.4, -0.2) is 66.4 Å². The molecule has 10 nitrogen and oxygen atoms in total. The van der Waals surface area contributed by atoms with Crippen LogP contribution in [0.3, 0.4) is 0 Å². The molecule has 0 spiro atoms. The van der Waals surface area contributed by atoms with Gasteiger partial charge in [-0.2, -0.15) is 0 Å². The van der Waals surface area contributed by atoms with Crippen LogP contribution >= 0.6 is 0 Å². The molecule has 4 N–H and O–H groups in total. The van der Waals surface area contributed by atoms with Gasteiger partial charge in [0.25, 0.3) is 11.8 Å². The van der Waals surface area contributed by atoms with Crippen LogP contribution in [0.1, 0.15) is 32.0 Å². The Labute approximate surface area is 238 Å². The third kappa shape index (κ3) is 6.44. The molecule has 210 valence electrons. The minimum Gasteiger partial charge on any atom is -0.383 e. The zero-order valence-electron chi connectivity index (χ0n) is 23.0. The summed E-state index contributed by atoms with van der Waals surface area (Å²) in [6, 6.07) is 20.2. The molecule has 0 bridgehead atoms. The highest BCUT2D eigenvalue weighted by Crippen LogP contribution is 2.38. The number of rotatable bonds is 10. The number of amides is 3. The Morgan fingerprint density at radius 3 is 2.61 bits per heavy atom. The van der Waals surface area contributed by atoms with Crippen LogP contribution in [0.25, 0.3) is 11.3 Å². The van der Waals surface area contributed by atoms with Crippen molar-refractivity contribution in [3.63, 3.8) is 0 Å². The minimum atomic E-state index is -0.239. The summed E-state index contributed by atoms with van der Waals surface area (Å²) >= 11 is 0. The quantitative estimate of drug-likeness (QED) is 0.220. The largest absolute Gasteiger partial charge is 0.383 e. The molecule has 41 heavy (non-hydrogen) atoms. The number of carbonyl (C=O) groups is 3. The van der Waals surface area contributed by atoms with Gasteiger partial charge in [-0.15, -0.1) is 0 Å². The Kier molecular flexibility index (Phi) is 8.40. The van der Waals surface area contributed by atoms with E-state index >= 15 is 0 Å².